The van der Waals surface area contributed by atoms with Crippen molar-refractivity contribution in [3.63, 3.8) is 0 Å². The predicted octanol–water partition coefficient (Wildman–Crippen LogP) is 3.32. The van der Waals surface area contributed by atoms with Gasteiger partial charge in [0.2, 0.25) is 0 Å². The van der Waals surface area contributed by atoms with Crippen molar-refractivity contribution >= 4 is 0 Å². The lowest BCUT2D eigenvalue weighted by molar-refractivity contribution is 1.06. The van der Waals surface area contributed by atoms with Gasteiger partial charge in [0.05, 0.1) is 11.4 Å². The molecule has 0 unspecified atom stereocenters. The van der Waals surface area contributed by atoms with E-state index in [1.165, 1.54) is 11.1 Å². The molecule has 1 aromatic heterocycles. The summed E-state index contributed by atoms with van der Waals surface area (Å²) in [6, 6.07) is 16.3. The zero-order valence-electron chi connectivity index (χ0n) is 11.7. The van der Waals surface area contributed by atoms with E-state index in [2.05, 4.69) is 29.0 Å². The molecule has 4 rings (SSSR count). The Bertz CT molecular complexity index is 892. The lowest BCUT2D eigenvalue weighted by atomic mass is 10.0. The summed E-state index contributed by atoms with van der Waals surface area (Å²) in [6.07, 6.45) is 0.818. The Hall–Kier alpha value is -2.68. The molecule has 102 valence electrons. The van der Waals surface area contributed by atoms with Crippen LogP contribution in [-0.2, 0) is 6.42 Å². The van der Waals surface area contributed by atoms with Crippen LogP contribution < -0.4 is 5.69 Å². The lowest BCUT2D eigenvalue weighted by Crippen LogP contribution is -2.13. The van der Waals surface area contributed by atoms with Crippen LogP contribution >= 0.6 is 0 Å². The molecule has 2 aromatic carbocycles. The van der Waals surface area contributed by atoms with E-state index < -0.39 is 0 Å². The van der Waals surface area contributed by atoms with Crippen LogP contribution in [0.15, 0.2) is 53.3 Å². The van der Waals surface area contributed by atoms with Crippen LogP contribution in [0.4, 0.5) is 0 Å². The van der Waals surface area contributed by atoms with Crippen LogP contribution in [0.25, 0.3) is 22.5 Å². The monoisotopic (exact) mass is 274 g/mol. The molecule has 0 spiro atoms. The average Bonchev–Trinajstić information content (AvgIpc) is 2.86. The van der Waals surface area contributed by atoms with Gasteiger partial charge in [0, 0.05) is 23.1 Å². The number of nitrogens with zero attached hydrogens (tertiary/aromatic N) is 1. The normalized spacial score (nSPS) is 12.0. The fraction of sp³-hybridized carbons (Fsp3) is 0.111. The second-order valence-electron chi connectivity index (χ2n) is 5.44. The molecule has 0 aliphatic heterocycles. The third-order valence-electron chi connectivity index (χ3n) is 4.01. The molecule has 3 nitrogen and oxygen atoms in total. The van der Waals surface area contributed by atoms with E-state index in [9.17, 15) is 4.79 Å². The zero-order valence-corrected chi connectivity index (χ0v) is 11.7. The molecule has 1 aliphatic rings. The molecule has 3 heteroatoms. The minimum atomic E-state index is -0.291. The first kappa shape index (κ1) is 12.1. The first-order chi connectivity index (χ1) is 10.2. The van der Waals surface area contributed by atoms with Crippen molar-refractivity contribution in [1.82, 2.24) is 9.97 Å². The third-order valence-corrected chi connectivity index (χ3v) is 4.01. The number of fused-ring (bicyclic) bond motifs is 3. The number of benzene rings is 2. The molecule has 0 saturated heterocycles. The van der Waals surface area contributed by atoms with E-state index in [1.807, 2.05) is 36.4 Å². The maximum absolute atomic E-state index is 11.9. The maximum Gasteiger partial charge on any atom is 0.345 e. The van der Waals surface area contributed by atoms with E-state index in [-0.39, 0.29) is 5.69 Å². The first-order valence-electron chi connectivity index (χ1n) is 7.01. The van der Waals surface area contributed by atoms with Crippen molar-refractivity contribution in [1.29, 1.82) is 0 Å². The van der Waals surface area contributed by atoms with Gasteiger partial charge in [0.1, 0.15) is 0 Å². The van der Waals surface area contributed by atoms with Gasteiger partial charge < -0.3 is 4.98 Å². The van der Waals surface area contributed by atoms with Crippen LogP contribution in [0.2, 0.25) is 0 Å². The number of aromatic amines is 1. The van der Waals surface area contributed by atoms with E-state index in [0.29, 0.717) is 0 Å². The van der Waals surface area contributed by atoms with Crippen molar-refractivity contribution in [3.8, 4) is 22.5 Å². The molecule has 0 saturated carbocycles. The Kier molecular flexibility index (Phi) is 2.54. The van der Waals surface area contributed by atoms with Crippen molar-refractivity contribution < 1.29 is 0 Å². The maximum atomic E-state index is 11.9. The molecule has 0 radical (unpaired) electrons. The Morgan fingerprint density at radius 3 is 2.62 bits per heavy atom. The van der Waals surface area contributed by atoms with Gasteiger partial charge in [-0.25, -0.2) is 4.79 Å². The number of aryl methyl sites for hydroxylation is 1. The van der Waals surface area contributed by atoms with Gasteiger partial charge in [0.15, 0.2) is 0 Å². The highest BCUT2D eigenvalue weighted by molar-refractivity contribution is 5.80. The van der Waals surface area contributed by atoms with Crippen LogP contribution in [0.1, 0.15) is 16.7 Å². The van der Waals surface area contributed by atoms with Crippen LogP contribution in [0, 0.1) is 6.92 Å². The minimum absolute atomic E-state index is 0.291. The van der Waals surface area contributed by atoms with Gasteiger partial charge in [-0.3, -0.25) is 0 Å². The third kappa shape index (κ3) is 1.89. The fourth-order valence-electron chi connectivity index (χ4n) is 2.96. The molecule has 0 atom stereocenters. The van der Waals surface area contributed by atoms with E-state index >= 15 is 0 Å². The van der Waals surface area contributed by atoms with Crippen LogP contribution in [0.3, 0.4) is 0 Å². The minimum Gasteiger partial charge on any atom is -0.305 e. The number of hydrogen-bond donors (Lipinski definition) is 1. The SMILES string of the molecule is Cc1ccc(-c2nc(=O)[nH]c3c2Cc2ccccc2-3)cc1. The quantitative estimate of drug-likeness (QED) is 0.579. The fourth-order valence-corrected chi connectivity index (χ4v) is 2.96. The Balaban J connectivity index is 1.98. The van der Waals surface area contributed by atoms with Gasteiger partial charge in [-0.1, -0.05) is 54.1 Å². The van der Waals surface area contributed by atoms with Gasteiger partial charge >= 0.3 is 5.69 Å². The molecular formula is C18H14N2O. The van der Waals surface area contributed by atoms with Gasteiger partial charge in [-0.15, -0.1) is 0 Å². The van der Waals surface area contributed by atoms with Crippen molar-refractivity contribution in [2.75, 3.05) is 0 Å². The zero-order chi connectivity index (χ0) is 14.4. The summed E-state index contributed by atoms with van der Waals surface area (Å²) in [5, 5.41) is 0. The van der Waals surface area contributed by atoms with E-state index in [1.54, 1.807) is 0 Å². The summed E-state index contributed by atoms with van der Waals surface area (Å²) in [5.41, 5.74) is 7.08. The number of nitrogens with one attached hydrogen (secondary N) is 1. The Labute approximate surface area is 122 Å². The molecule has 1 aliphatic carbocycles. The summed E-state index contributed by atoms with van der Waals surface area (Å²) in [7, 11) is 0. The molecule has 1 N–H and O–H groups in total. The first-order valence-corrected chi connectivity index (χ1v) is 7.01. The Morgan fingerprint density at radius 1 is 1.05 bits per heavy atom. The molecule has 3 aromatic rings. The van der Waals surface area contributed by atoms with Crippen LogP contribution in [-0.4, -0.2) is 9.97 Å². The molecule has 0 fully saturated rings. The summed E-state index contributed by atoms with van der Waals surface area (Å²) >= 11 is 0. The van der Waals surface area contributed by atoms with Gasteiger partial charge in [0.25, 0.3) is 0 Å². The topological polar surface area (TPSA) is 45.8 Å². The van der Waals surface area contributed by atoms with Gasteiger partial charge in [-0.2, -0.15) is 4.98 Å². The largest absolute Gasteiger partial charge is 0.345 e. The molecule has 21 heavy (non-hydrogen) atoms. The lowest BCUT2D eigenvalue weighted by Gasteiger charge is -2.07. The summed E-state index contributed by atoms with van der Waals surface area (Å²) in [5.74, 6) is 0. The van der Waals surface area contributed by atoms with Crippen molar-refractivity contribution in [2.45, 2.75) is 13.3 Å². The molecule has 0 bridgehead atoms. The number of H-pyrrole nitrogens is 1. The van der Waals surface area contributed by atoms with Gasteiger partial charge in [-0.05, 0) is 12.5 Å². The van der Waals surface area contributed by atoms with Crippen molar-refractivity contribution in [3.05, 3.63) is 75.7 Å². The summed E-state index contributed by atoms with van der Waals surface area (Å²) in [4.78, 5) is 19.0. The molecule has 0 amide bonds. The second kappa shape index (κ2) is 4.42. The average molecular weight is 274 g/mol. The summed E-state index contributed by atoms with van der Waals surface area (Å²) < 4.78 is 0. The highest BCUT2D eigenvalue weighted by atomic mass is 16.1. The molecule has 1 heterocycles. The number of hydrogen-bond acceptors (Lipinski definition) is 2. The van der Waals surface area contributed by atoms with E-state index in [4.69, 9.17) is 0 Å². The second-order valence-corrected chi connectivity index (χ2v) is 5.44. The molecular weight excluding hydrogens is 260 g/mol. The smallest absolute Gasteiger partial charge is 0.305 e. The highest BCUT2D eigenvalue weighted by Gasteiger charge is 2.23. The standard InChI is InChI=1S/C18H14N2O/c1-11-6-8-12(9-7-11)16-15-10-13-4-2-3-5-14(13)17(15)20-18(21)19-16/h2-9H,10H2,1H3,(H,19,20,21). The number of rotatable bonds is 1. The number of aromatic nitrogens is 2. The van der Waals surface area contributed by atoms with E-state index in [0.717, 1.165) is 34.5 Å². The Morgan fingerprint density at radius 2 is 1.81 bits per heavy atom. The summed E-state index contributed by atoms with van der Waals surface area (Å²) in [6.45, 7) is 2.05. The highest BCUT2D eigenvalue weighted by Crippen LogP contribution is 2.38. The van der Waals surface area contributed by atoms with Crippen molar-refractivity contribution in [2.24, 2.45) is 0 Å². The predicted molar refractivity (Wildman–Crippen MR) is 83.3 cm³/mol. The van der Waals surface area contributed by atoms with Crippen LogP contribution in [0.5, 0.6) is 0 Å².